The van der Waals surface area contributed by atoms with Gasteiger partial charge in [-0.15, -0.1) is 0 Å². The largest absolute Gasteiger partial charge is 0.467 e. The molecule has 1 saturated heterocycles. The zero-order valence-electron chi connectivity index (χ0n) is 14.1. The molecule has 2 aromatic heterocycles. The summed E-state index contributed by atoms with van der Waals surface area (Å²) in [5.74, 6) is 1.08. The molecule has 136 valence electrons. The third-order valence-corrected chi connectivity index (χ3v) is 4.00. The molecule has 0 radical (unpaired) electrons. The molecule has 0 atom stereocenters. The Balaban J connectivity index is 1.99. The maximum absolute atomic E-state index is 11.8. The Morgan fingerprint density at radius 3 is 2.85 bits per heavy atom. The fraction of sp³-hybridized carbons (Fsp3) is 0.438. The lowest BCUT2D eigenvalue weighted by Gasteiger charge is -2.28. The summed E-state index contributed by atoms with van der Waals surface area (Å²) in [7, 11) is 0. The Bertz CT molecular complexity index is 783. The van der Waals surface area contributed by atoms with E-state index in [1.54, 1.807) is 17.0 Å². The lowest BCUT2D eigenvalue weighted by Crippen LogP contribution is -2.37. The summed E-state index contributed by atoms with van der Waals surface area (Å²) < 4.78 is 10.7. The molecule has 10 nitrogen and oxygen atoms in total. The topological polar surface area (TPSA) is 122 Å². The normalized spacial score (nSPS) is 14.0. The van der Waals surface area contributed by atoms with E-state index in [0.29, 0.717) is 32.1 Å². The Kier molecular flexibility index (Phi) is 5.60. The molecule has 2 aromatic rings. The second-order valence-corrected chi connectivity index (χ2v) is 5.64. The second-order valence-electron chi connectivity index (χ2n) is 5.64. The monoisotopic (exact) mass is 358 g/mol. The van der Waals surface area contributed by atoms with Crippen molar-refractivity contribution < 1.29 is 14.1 Å². The molecule has 0 aromatic carbocycles. The molecule has 3 heterocycles. The van der Waals surface area contributed by atoms with Gasteiger partial charge in [0, 0.05) is 19.6 Å². The van der Waals surface area contributed by atoms with Crippen LogP contribution in [0.25, 0.3) is 0 Å². The summed E-state index contributed by atoms with van der Waals surface area (Å²) in [5, 5.41) is 20.8. The first kappa shape index (κ1) is 17.6. The number of nitro groups is 1. The van der Waals surface area contributed by atoms with E-state index in [9.17, 15) is 10.1 Å². The van der Waals surface area contributed by atoms with Crippen LogP contribution in [0.1, 0.15) is 12.2 Å². The number of nitrogens with zero attached hydrogens (tertiary/aromatic N) is 6. The molecule has 0 N–H and O–H groups in total. The van der Waals surface area contributed by atoms with Crippen molar-refractivity contribution in [2.45, 2.75) is 13.0 Å². The first-order valence-corrected chi connectivity index (χ1v) is 8.17. The number of morpholine rings is 1. The fourth-order valence-electron chi connectivity index (χ4n) is 2.80. The highest BCUT2D eigenvalue weighted by Crippen LogP contribution is 2.35. The zero-order chi connectivity index (χ0) is 18.4. The summed E-state index contributed by atoms with van der Waals surface area (Å²) in [4.78, 5) is 23.1. The van der Waals surface area contributed by atoms with Crippen molar-refractivity contribution >= 4 is 17.3 Å². The first-order chi connectivity index (χ1) is 12.7. The van der Waals surface area contributed by atoms with Crippen LogP contribution < -0.4 is 9.80 Å². The zero-order valence-corrected chi connectivity index (χ0v) is 14.1. The summed E-state index contributed by atoms with van der Waals surface area (Å²) in [6.07, 6.45) is 3.05. The van der Waals surface area contributed by atoms with Crippen LogP contribution in [0.4, 0.5) is 17.3 Å². The number of anilines is 2. The van der Waals surface area contributed by atoms with Crippen LogP contribution in [-0.2, 0) is 11.3 Å². The molecule has 26 heavy (non-hydrogen) atoms. The van der Waals surface area contributed by atoms with Gasteiger partial charge < -0.3 is 19.0 Å². The highest BCUT2D eigenvalue weighted by atomic mass is 16.6. The average Bonchev–Trinajstić information content (AvgIpc) is 3.18. The van der Waals surface area contributed by atoms with Gasteiger partial charge in [-0.05, 0) is 12.1 Å². The molecular weight excluding hydrogens is 340 g/mol. The minimum absolute atomic E-state index is 0.168. The van der Waals surface area contributed by atoms with Gasteiger partial charge in [0.2, 0.25) is 11.6 Å². The van der Waals surface area contributed by atoms with Gasteiger partial charge in [0.1, 0.15) is 12.1 Å². The highest BCUT2D eigenvalue weighted by Gasteiger charge is 2.31. The number of hydrogen-bond donors (Lipinski definition) is 0. The van der Waals surface area contributed by atoms with Crippen molar-refractivity contribution in [3.63, 3.8) is 0 Å². The quantitative estimate of drug-likeness (QED) is 0.538. The number of furan rings is 1. The van der Waals surface area contributed by atoms with E-state index in [4.69, 9.17) is 14.4 Å². The maximum atomic E-state index is 11.8. The summed E-state index contributed by atoms with van der Waals surface area (Å²) >= 11 is 0. The third kappa shape index (κ3) is 3.89. The molecule has 0 amide bonds. The van der Waals surface area contributed by atoms with Crippen molar-refractivity contribution in [2.75, 3.05) is 42.6 Å². The van der Waals surface area contributed by atoms with Crippen LogP contribution in [0.3, 0.4) is 0 Å². The van der Waals surface area contributed by atoms with Crippen LogP contribution in [-0.4, -0.2) is 47.7 Å². The van der Waals surface area contributed by atoms with Crippen molar-refractivity contribution in [1.29, 1.82) is 5.26 Å². The maximum Gasteiger partial charge on any atom is 0.353 e. The third-order valence-electron chi connectivity index (χ3n) is 4.00. The van der Waals surface area contributed by atoms with Crippen molar-refractivity contribution in [3.8, 4) is 6.07 Å². The second kappa shape index (κ2) is 8.26. The van der Waals surface area contributed by atoms with Crippen LogP contribution in [0, 0.1) is 21.4 Å². The molecule has 0 bridgehead atoms. The summed E-state index contributed by atoms with van der Waals surface area (Å²) in [5.41, 5.74) is -0.168. The van der Waals surface area contributed by atoms with Gasteiger partial charge in [0.15, 0.2) is 0 Å². The molecular formula is C16H18N6O4. The van der Waals surface area contributed by atoms with E-state index in [2.05, 4.69) is 16.0 Å². The number of nitriles is 1. The Morgan fingerprint density at radius 1 is 1.38 bits per heavy atom. The molecule has 1 aliphatic heterocycles. The van der Waals surface area contributed by atoms with Crippen molar-refractivity contribution in [1.82, 2.24) is 9.97 Å². The lowest BCUT2D eigenvalue weighted by atomic mass is 10.3. The lowest BCUT2D eigenvalue weighted by molar-refractivity contribution is -0.383. The van der Waals surface area contributed by atoms with Gasteiger partial charge in [0.05, 0.1) is 43.4 Å². The van der Waals surface area contributed by atoms with Crippen LogP contribution in [0.15, 0.2) is 29.1 Å². The summed E-state index contributed by atoms with van der Waals surface area (Å²) in [6, 6.07) is 5.58. The Hall–Kier alpha value is -3.19. The molecule has 0 unspecified atom stereocenters. The number of aromatic nitrogens is 2. The first-order valence-electron chi connectivity index (χ1n) is 8.17. The predicted octanol–water partition coefficient (Wildman–Crippen LogP) is 1.73. The fourth-order valence-corrected chi connectivity index (χ4v) is 2.80. The van der Waals surface area contributed by atoms with Gasteiger partial charge in [-0.2, -0.15) is 5.26 Å². The van der Waals surface area contributed by atoms with Crippen LogP contribution in [0.2, 0.25) is 0 Å². The number of ether oxygens (including phenoxy) is 1. The molecule has 1 aliphatic rings. The smallest absolute Gasteiger partial charge is 0.353 e. The van der Waals surface area contributed by atoms with E-state index in [-0.39, 0.29) is 36.8 Å². The Morgan fingerprint density at radius 2 is 2.19 bits per heavy atom. The van der Waals surface area contributed by atoms with E-state index in [1.165, 1.54) is 12.6 Å². The van der Waals surface area contributed by atoms with Gasteiger partial charge >= 0.3 is 5.69 Å². The molecule has 0 saturated carbocycles. The molecule has 0 spiro atoms. The van der Waals surface area contributed by atoms with Crippen molar-refractivity contribution in [3.05, 3.63) is 40.6 Å². The number of rotatable bonds is 7. The number of hydrogen-bond acceptors (Lipinski definition) is 9. The van der Waals surface area contributed by atoms with Gasteiger partial charge in [0.25, 0.3) is 0 Å². The van der Waals surface area contributed by atoms with Crippen LogP contribution in [0.5, 0.6) is 0 Å². The predicted molar refractivity (Wildman–Crippen MR) is 91.7 cm³/mol. The van der Waals surface area contributed by atoms with Crippen molar-refractivity contribution in [2.24, 2.45) is 0 Å². The van der Waals surface area contributed by atoms with Gasteiger partial charge in [-0.25, -0.2) is 9.97 Å². The highest BCUT2D eigenvalue weighted by molar-refractivity contribution is 5.71. The minimum Gasteiger partial charge on any atom is -0.467 e. The van der Waals surface area contributed by atoms with Gasteiger partial charge in [-0.1, -0.05) is 0 Å². The van der Waals surface area contributed by atoms with Gasteiger partial charge in [-0.3, -0.25) is 10.1 Å². The summed E-state index contributed by atoms with van der Waals surface area (Å²) in [6.45, 7) is 2.58. The average molecular weight is 358 g/mol. The van der Waals surface area contributed by atoms with E-state index in [0.717, 1.165) is 0 Å². The molecule has 0 aliphatic carbocycles. The molecule has 3 rings (SSSR count). The van der Waals surface area contributed by atoms with Crippen LogP contribution >= 0.6 is 0 Å². The van der Waals surface area contributed by atoms with E-state index in [1.807, 2.05) is 4.90 Å². The SMILES string of the molecule is N#CCCN(Cc1ccco1)c1ncnc(N2CCOCC2)c1[N+](=O)[O-]. The minimum atomic E-state index is -0.471. The standard InChI is InChI=1S/C16H18N6O4/c17-4-2-5-21(11-13-3-1-8-26-13)16-14(22(23)24)15(18-12-19-16)20-6-9-25-10-7-20/h1,3,8,12H,2,5-7,9-11H2. The van der Waals surface area contributed by atoms with E-state index >= 15 is 0 Å². The molecule has 1 fully saturated rings. The Labute approximate surface area is 149 Å². The molecule has 10 heteroatoms. The van der Waals surface area contributed by atoms with E-state index < -0.39 is 4.92 Å².